The van der Waals surface area contributed by atoms with Crippen LogP contribution in [0.2, 0.25) is 0 Å². The Kier molecular flexibility index (Phi) is 6.64. The fourth-order valence-corrected chi connectivity index (χ4v) is 2.88. The van der Waals surface area contributed by atoms with E-state index < -0.39 is 0 Å². The van der Waals surface area contributed by atoms with Crippen LogP contribution in [0.5, 0.6) is 0 Å². The minimum Gasteiger partial charge on any atom is -0.363 e. The smallest absolute Gasteiger partial charge is 0.0123 e. The molecule has 1 fully saturated rings. The summed E-state index contributed by atoms with van der Waals surface area (Å²) >= 11 is 0. The molecule has 0 saturated heterocycles. The molecule has 0 radical (unpaired) electrons. The van der Waals surface area contributed by atoms with E-state index in [-0.39, 0.29) is 0 Å². The standard InChI is InChI=1S/C24H31N/c1-7-20(8-2)15-21(9-3)23-11-10-17(4)24(16-23)14-18(5)25-19(6)22-12-13-22/h7,9-11,14-16,22,25H,3,6,8,12-13H2,1-2,4-5H3/b18-14+,20-7-,21-15+. The summed E-state index contributed by atoms with van der Waals surface area (Å²) in [6.07, 6.45) is 12.1. The van der Waals surface area contributed by atoms with Crippen LogP contribution >= 0.6 is 0 Å². The van der Waals surface area contributed by atoms with Gasteiger partial charge in [-0.25, -0.2) is 0 Å². The van der Waals surface area contributed by atoms with Gasteiger partial charge in [0, 0.05) is 11.4 Å². The second kappa shape index (κ2) is 8.71. The van der Waals surface area contributed by atoms with Crippen LogP contribution in [0.25, 0.3) is 11.6 Å². The summed E-state index contributed by atoms with van der Waals surface area (Å²) in [5.74, 6) is 0.666. The number of hydrogen-bond acceptors (Lipinski definition) is 1. The zero-order valence-electron chi connectivity index (χ0n) is 16.2. The highest BCUT2D eigenvalue weighted by molar-refractivity contribution is 5.77. The van der Waals surface area contributed by atoms with E-state index in [0.717, 1.165) is 23.4 Å². The molecule has 0 atom stereocenters. The molecule has 1 aromatic rings. The first-order valence-electron chi connectivity index (χ1n) is 9.23. The number of allylic oxidation sites excluding steroid dienone is 7. The quantitative estimate of drug-likeness (QED) is 0.516. The van der Waals surface area contributed by atoms with Gasteiger partial charge in [-0.2, -0.15) is 0 Å². The Morgan fingerprint density at radius 2 is 2.04 bits per heavy atom. The molecule has 0 bridgehead atoms. The maximum Gasteiger partial charge on any atom is 0.0123 e. The maximum atomic E-state index is 4.15. The van der Waals surface area contributed by atoms with Crippen LogP contribution < -0.4 is 5.32 Å². The minimum absolute atomic E-state index is 0.666. The average Bonchev–Trinajstić information content (AvgIpc) is 3.43. The normalized spacial score (nSPS) is 15.9. The monoisotopic (exact) mass is 333 g/mol. The van der Waals surface area contributed by atoms with Gasteiger partial charge in [-0.1, -0.05) is 56.0 Å². The molecule has 1 aliphatic carbocycles. The highest BCUT2D eigenvalue weighted by atomic mass is 14.9. The van der Waals surface area contributed by atoms with Crippen molar-refractivity contribution in [3.05, 3.63) is 83.2 Å². The summed E-state index contributed by atoms with van der Waals surface area (Å²) in [7, 11) is 0. The molecule has 0 amide bonds. The first kappa shape index (κ1) is 19.1. The number of nitrogens with one attached hydrogen (secondary N) is 1. The van der Waals surface area contributed by atoms with Crippen LogP contribution in [0, 0.1) is 12.8 Å². The van der Waals surface area contributed by atoms with Crippen molar-refractivity contribution in [2.75, 3.05) is 0 Å². The summed E-state index contributed by atoms with van der Waals surface area (Å²) in [5.41, 5.74) is 8.49. The van der Waals surface area contributed by atoms with E-state index >= 15 is 0 Å². The van der Waals surface area contributed by atoms with Gasteiger partial charge in [0.25, 0.3) is 0 Å². The van der Waals surface area contributed by atoms with Crippen molar-refractivity contribution in [3.63, 3.8) is 0 Å². The molecule has 1 nitrogen and oxygen atoms in total. The van der Waals surface area contributed by atoms with E-state index in [0.29, 0.717) is 5.92 Å². The van der Waals surface area contributed by atoms with E-state index in [4.69, 9.17) is 0 Å². The second-order valence-electron chi connectivity index (χ2n) is 6.84. The minimum atomic E-state index is 0.666. The van der Waals surface area contributed by atoms with Crippen molar-refractivity contribution in [3.8, 4) is 0 Å². The fourth-order valence-electron chi connectivity index (χ4n) is 2.88. The molecule has 0 unspecified atom stereocenters. The van der Waals surface area contributed by atoms with Crippen LogP contribution in [0.15, 0.2) is 66.6 Å². The summed E-state index contributed by atoms with van der Waals surface area (Å²) < 4.78 is 0. The molecular formula is C24H31N. The molecule has 0 heterocycles. The summed E-state index contributed by atoms with van der Waals surface area (Å²) in [4.78, 5) is 0. The number of aryl methyl sites for hydroxylation is 1. The Balaban J connectivity index is 2.29. The van der Waals surface area contributed by atoms with E-state index in [1.807, 2.05) is 6.08 Å². The molecule has 1 aliphatic rings. The van der Waals surface area contributed by atoms with Crippen molar-refractivity contribution < 1.29 is 0 Å². The Morgan fingerprint density at radius 3 is 2.60 bits per heavy atom. The predicted molar refractivity (Wildman–Crippen MR) is 112 cm³/mol. The first-order chi connectivity index (χ1) is 12.0. The fraction of sp³-hybridized carbons (Fsp3) is 0.333. The predicted octanol–water partition coefficient (Wildman–Crippen LogP) is 6.79. The van der Waals surface area contributed by atoms with E-state index in [9.17, 15) is 0 Å². The molecule has 0 spiro atoms. The lowest BCUT2D eigenvalue weighted by Crippen LogP contribution is -2.10. The van der Waals surface area contributed by atoms with Gasteiger partial charge in [0.1, 0.15) is 0 Å². The van der Waals surface area contributed by atoms with Crippen molar-refractivity contribution in [1.82, 2.24) is 5.32 Å². The molecule has 1 saturated carbocycles. The van der Waals surface area contributed by atoms with Gasteiger partial charge in [-0.3, -0.25) is 0 Å². The molecule has 0 aromatic heterocycles. The largest absolute Gasteiger partial charge is 0.363 e. The van der Waals surface area contributed by atoms with Crippen molar-refractivity contribution >= 4 is 11.6 Å². The third kappa shape index (κ3) is 5.35. The van der Waals surface area contributed by atoms with Crippen LogP contribution in [-0.2, 0) is 0 Å². The third-order valence-corrected chi connectivity index (χ3v) is 4.75. The third-order valence-electron chi connectivity index (χ3n) is 4.75. The average molecular weight is 334 g/mol. The van der Waals surface area contributed by atoms with Gasteiger partial charge in [0.05, 0.1) is 0 Å². The van der Waals surface area contributed by atoms with Gasteiger partial charge in [-0.05, 0) is 80.4 Å². The zero-order valence-corrected chi connectivity index (χ0v) is 16.2. The lowest BCUT2D eigenvalue weighted by Gasteiger charge is -2.11. The Hall–Kier alpha value is -2.28. The Labute approximate surface area is 153 Å². The summed E-state index contributed by atoms with van der Waals surface area (Å²) in [6, 6.07) is 6.61. The van der Waals surface area contributed by atoms with Crippen LogP contribution in [0.1, 0.15) is 56.7 Å². The Morgan fingerprint density at radius 1 is 1.32 bits per heavy atom. The number of rotatable bonds is 8. The Bertz CT molecular complexity index is 739. The molecule has 0 aliphatic heterocycles. The van der Waals surface area contributed by atoms with Crippen LogP contribution in [0.4, 0.5) is 0 Å². The van der Waals surface area contributed by atoms with Gasteiger partial charge in [0.2, 0.25) is 0 Å². The molecular weight excluding hydrogens is 302 g/mol. The lowest BCUT2D eigenvalue weighted by atomic mass is 9.97. The van der Waals surface area contributed by atoms with Crippen LogP contribution in [0.3, 0.4) is 0 Å². The van der Waals surface area contributed by atoms with E-state index in [1.165, 1.54) is 35.1 Å². The number of benzene rings is 1. The maximum absolute atomic E-state index is 4.15. The second-order valence-corrected chi connectivity index (χ2v) is 6.84. The molecule has 132 valence electrons. The van der Waals surface area contributed by atoms with Gasteiger partial charge < -0.3 is 5.32 Å². The van der Waals surface area contributed by atoms with Crippen molar-refractivity contribution in [2.45, 2.75) is 47.0 Å². The zero-order chi connectivity index (χ0) is 18.4. The first-order valence-corrected chi connectivity index (χ1v) is 9.23. The number of hydrogen-bond donors (Lipinski definition) is 1. The lowest BCUT2D eigenvalue weighted by molar-refractivity contribution is 0.853. The topological polar surface area (TPSA) is 12.0 Å². The molecule has 2 rings (SSSR count). The SMILES string of the molecule is C=C/C(=C\C(=C/C)CC)c1ccc(C)c(/C=C(\C)NC(=C)C2CC2)c1. The highest BCUT2D eigenvalue weighted by Crippen LogP contribution is 2.34. The van der Waals surface area contributed by atoms with Crippen molar-refractivity contribution in [1.29, 1.82) is 0 Å². The van der Waals surface area contributed by atoms with E-state index in [2.05, 4.69) is 82.6 Å². The van der Waals surface area contributed by atoms with Crippen molar-refractivity contribution in [2.24, 2.45) is 5.92 Å². The van der Waals surface area contributed by atoms with Gasteiger partial charge >= 0.3 is 0 Å². The summed E-state index contributed by atoms with van der Waals surface area (Å²) in [6.45, 7) is 16.7. The van der Waals surface area contributed by atoms with Crippen LogP contribution in [-0.4, -0.2) is 0 Å². The molecule has 1 heteroatoms. The molecule has 1 aromatic carbocycles. The molecule has 25 heavy (non-hydrogen) atoms. The van der Waals surface area contributed by atoms with E-state index in [1.54, 1.807) is 0 Å². The molecule has 1 N–H and O–H groups in total. The van der Waals surface area contributed by atoms with Gasteiger partial charge in [-0.15, -0.1) is 0 Å². The highest BCUT2D eigenvalue weighted by Gasteiger charge is 2.24. The van der Waals surface area contributed by atoms with Gasteiger partial charge in [0.15, 0.2) is 0 Å². The summed E-state index contributed by atoms with van der Waals surface area (Å²) in [5, 5.41) is 3.45.